The summed E-state index contributed by atoms with van der Waals surface area (Å²) in [5, 5.41) is 13.7. The molecule has 0 fully saturated rings. The van der Waals surface area contributed by atoms with E-state index in [2.05, 4.69) is 43.9 Å². The Morgan fingerprint density at radius 2 is 1.04 bits per heavy atom. The Labute approximate surface area is 346 Å². The number of hydrogen-bond acceptors (Lipinski definition) is 7. The Hall–Kier alpha value is -1.93. The summed E-state index contributed by atoms with van der Waals surface area (Å²) < 4.78 is 13.3. The van der Waals surface area contributed by atoms with Crippen molar-refractivity contribution in [2.45, 2.75) is 233 Å². The van der Waals surface area contributed by atoms with Gasteiger partial charge in [-0.05, 0) is 89.1 Å². The molecule has 0 amide bonds. The molecule has 0 saturated heterocycles. The van der Waals surface area contributed by atoms with Gasteiger partial charge in [-0.3, -0.25) is 19.2 Å². The molecule has 1 aromatic rings. The van der Waals surface area contributed by atoms with Crippen LogP contribution in [0.5, 0.6) is 0 Å². The summed E-state index contributed by atoms with van der Waals surface area (Å²) in [4.78, 5) is 27.5. The standard InChI is InChI=1S/C48H91N3O5/c1-5-9-15-27-44(28-16-10-6-2)31-25-39-55-47(53)33-19-13-21-35-50(42-46-41-49-51(43-46)37-23-24-38-52)36-22-14-20-34-48(54)56-40-26-32-45(29-17-11-7-3)30-18-12-8-4/h41,43-45,52H,5-40,42H2,1-4H3. The number of rotatable bonds is 42. The van der Waals surface area contributed by atoms with Gasteiger partial charge in [-0.15, -0.1) is 0 Å². The summed E-state index contributed by atoms with van der Waals surface area (Å²) in [5.41, 5.74) is 1.21. The first-order valence-electron chi connectivity index (χ1n) is 24.1. The van der Waals surface area contributed by atoms with Gasteiger partial charge in [-0.1, -0.05) is 143 Å². The van der Waals surface area contributed by atoms with E-state index < -0.39 is 0 Å². The molecule has 328 valence electrons. The number of aliphatic hydroxyl groups is 1. The highest BCUT2D eigenvalue weighted by molar-refractivity contribution is 5.69. The first kappa shape index (κ1) is 52.1. The molecule has 0 aromatic carbocycles. The van der Waals surface area contributed by atoms with Crippen molar-refractivity contribution in [3.8, 4) is 0 Å². The molecule has 0 spiro atoms. The predicted octanol–water partition coefficient (Wildman–Crippen LogP) is 12.8. The Kier molecular flexibility index (Phi) is 35.9. The van der Waals surface area contributed by atoms with E-state index in [1.54, 1.807) is 0 Å². The molecule has 1 aromatic heterocycles. The number of carbonyl (C=O) groups is 2. The highest BCUT2D eigenvalue weighted by Crippen LogP contribution is 2.24. The lowest BCUT2D eigenvalue weighted by atomic mass is 9.91. The lowest BCUT2D eigenvalue weighted by Gasteiger charge is -2.21. The lowest BCUT2D eigenvalue weighted by molar-refractivity contribution is -0.144. The van der Waals surface area contributed by atoms with E-state index in [-0.39, 0.29) is 18.5 Å². The zero-order chi connectivity index (χ0) is 40.7. The van der Waals surface area contributed by atoms with Crippen molar-refractivity contribution >= 4 is 11.9 Å². The van der Waals surface area contributed by atoms with Crippen molar-refractivity contribution < 1.29 is 24.2 Å². The van der Waals surface area contributed by atoms with Gasteiger partial charge in [0.15, 0.2) is 0 Å². The van der Waals surface area contributed by atoms with Gasteiger partial charge in [-0.25, -0.2) is 0 Å². The van der Waals surface area contributed by atoms with Crippen LogP contribution >= 0.6 is 0 Å². The highest BCUT2D eigenvalue weighted by atomic mass is 16.5. The fourth-order valence-electron chi connectivity index (χ4n) is 7.95. The first-order chi connectivity index (χ1) is 27.4. The topological polar surface area (TPSA) is 93.9 Å². The van der Waals surface area contributed by atoms with Crippen molar-refractivity contribution in [1.82, 2.24) is 14.7 Å². The van der Waals surface area contributed by atoms with E-state index in [4.69, 9.17) is 14.6 Å². The van der Waals surface area contributed by atoms with Crippen LogP contribution in [0.15, 0.2) is 12.4 Å². The number of hydrogen-bond donors (Lipinski definition) is 1. The number of aliphatic hydroxyl groups excluding tert-OH is 1. The maximum Gasteiger partial charge on any atom is 0.305 e. The summed E-state index contributed by atoms with van der Waals surface area (Å²) in [6, 6.07) is 0. The molecule has 0 radical (unpaired) electrons. The summed E-state index contributed by atoms with van der Waals surface area (Å²) >= 11 is 0. The molecule has 0 unspecified atom stereocenters. The Balaban J connectivity index is 2.40. The number of aryl methyl sites for hydroxylation is 1. The van der Waals surface area contributed by atoms with Crippen LogP contribution in [-0.4, -0.2) is 64.6 Å². The second kappa shape index (κ2) is 38.6. The molecule has 0 atom stereocenters. The Morgan fingerprint density at radius 1 is 0.589 bits per heavy atom. The quantitative estimate of drug-likeness (QED) is 0.0520. The number of nitrogens with zero attached hydrogens (tertiary/aromatic N) is 3. The summed E-state index contributed by atoms with van der Waals surface area (Å²) in [5.74, 6) is 1.47. The summed E-state index contributed by atoms with van der Waals surface area (Å²) in [6.07, 6.45) is 38.0. The SMILES string of the molecule is CCCCCC(CCCCC)CCCOC(=O)CCCCCN(CCCCCC(=O)OCCCC(CCCCC)CCCCC)Cc1cnn(CCCCO)c1. The summed E-state index contributed by atoms with van der Waals surface area (Å²) in [7, 11) is 0. The molecule has 56 heavy (non-hydrogen) atoms. The zero-order valence-electron chi connectivity index (χ0n) is 37.4. The van der Waals surface area contributed by atoms with Crippen molar-refractivity contribution in [3.63, 3.8) is 0 Å². The minimum atomic E-state index is -0.0449. The predicted molar refractivity (Wildman–Crippen MR) is 235 cm³/mol. The summed E-state index contributed by atoms with van der Waals surface area (Å²) in [6.45, 7) is 14.0. The maximum atomic E-state index is 12.5. The van der Waals surface area contributed by atoms with Crippen molar-refractivity contribution in [3.05, 3.63) is 18.0 Å². The van der Waals surface area contributed by atoms with Crippen LogP contribution in [0, 0.1) is 11.8 Å². The molecule has 8 heteroatoms. The average Bonchev–Trinajstić information content (AvgIpc) is 3.64. The van der Waals surface area contributed by atoms with Crippen LogP contribution in [0.2, 0.25) is 0 Å². The fourth-order valence-corrected chi connectivity index (χ4v) is 7.95. The first-order valence-corrected chi connectivity index (χ1v) is 24.1. The number of esters is 2. The van der Waals surface area contributed by atoms with Gasteiger partial charge in [0, 0.05) is 44.3 Å². The minimum Gasteiger partial charge on any atom is -0.466 e. The van der Waals surface area contributed by atoms with Gasteiger partial charge in [-0.2, -0.15) is 5.10 Å². The van der Waals surface area contributed by atoms with Gasteiger partial charge in [0.25, 0.3) is 0 Å². The molecular formula is C48H91N3O5. The van der Waals surface area contributed by atoms with E-state index in [9.17, 15) is 9.59 Å². The zero-order valence-corrected chi connectivity index (χ0v) is 37.4. The molecule has 0 aliphatic rings. The highest BCUT2D eigenvalue weighted by Gasteiger charge is 2.13. The molecule has 0 aliphatic carbocycles. The van der Waals surface area contributed by atoms with Crippen LogP contribution in [-0.2, 0) is 32.2 Å². The number of carbonyl (C=O) groups excluding carboxylic acids is 2. The third-order valence-electron chi connectivity index (χ3n) is 11.5. The smallest absolute Gasteiger partial charge is 0.305 e. The second-order valence-corrected chi connectivity index (χ2v) is 16.9. The van der Waals surface area contributed by atoms with Gasteiger partial charge in [0.05, 0.1) is 19.4 Å². The van der Waals surface area contributed by atoms with Crippen molar-refractivity contribution in [2.75, 3.05) is 32.9 Å². The van der Waals surface area contributed by atoms with E-state index in [1.807, 2.05) is 10.9 Å². The van der Waals surface area contributed by atoms with E-state index in [1.165, 1.54) is 121 Å². The Bertz CT molecular complexity index is 943. The van der Waals surface area contributed by atoms with Gasteiger partial charge >= 0.3 is 11.9 Å². The third-order valence-corrected chi connectivity index (χ3v) is 11.5. The molecule has 1 N–H and O–H groups in total. The van der Waals surface area contributed by atoms with Crippen LogP contribution in [0.25, 0.3) is 0 Å². The molecule has 0 saturated carbocycles. The molecule has 0 bridgehead atoms. The number of unbranched alkanes of at least 4 members (excludes halogenated alkanes) is 13. The van der Waals surface area contributed by atoms with Gasteiger partial charge in [0.2, 0.25) is 0 Å². The number of ether oxygens (including phenoxy) is 2. The van der Waals surface area contributed by atoms with Crippen molar-refractivity contribution in [1.29, 1.82) is 0 Å². The normalized spacial score (nSPS) is 11.7. The van der Waals surface area contributed by atoms with Gasteiger partial charge in [0.1, 0.15) is 0 Å². The second-order valence-electron chi connectivity index (χ2n) is 16.9. The molecule has 8 nitrogen and oxygen atoms in total. The molecule has 1 heterocycles. The van der Waals surface area contributed by atoms with Crippen LogP contribution in [0.3, 0.4) is 0 Å². The molecule has 0 aliphatic heterocycles. The van der Waals surface area contributed by atoms with E-state index in [0.29, 0.717) is 26.1 Å². The lowest BCUT2D eigenvalue weighted by Crippen LogP contribution is -2.25. The fraction of sp³-hybridized carbons (Fsp3) is 0.896. The largest absolute Gasteiger partial charge is 0.466 e. The van der Waals surface area contributed by atoms with Crippen LogP contribution in [0.1, 0.15) is 226 Å². The van der Waals surface area contributed by atoms with Crippen LogP contribution < -0.4 is 0 Å². The van der Waals surface area contributed by atoms with Crippen LogP contribution in [0.4, 0.5) is 0 Å². The average molecular weight is 790 g/mol. The van der Waals surface area contributed by atoms with E-state index in [0.717, 1.165) is 102 Å². The number of aromatic nitrogens is 2. The van der Waals surface area contributed by atoms with E-state index >= 15 is 0 Å². The van der Waals surface area contributed by atoms with Crippen molar-refractivity contribution in [2.24, 2.45) is 11.8 Å². The maximum absolute atomic E-state index is 12.5. The Morgan fingerprint density at radius 3 is 1.46 bits per heavy atom. The monoisotopic (exact) mass is 790 g/mol. The van der Waals surface area contributed by atoms with Gasteiger partial charge < -0.3 is 14.6 Å². The molecule has 1 rings (SSSR count). The minimum absolute atomic E-state index is 0.0449. The molecular weight excluding hydrogens is 699 g/mol. The third kappa shape index (κ3) is 31.1.